The van der Waals surface area contributed by atoms with Gasteiger partial charge in [-0.05, 0) is 27.8 Å². The van der Waals surface area contributed by atoms with E-state index in [2.05, 4.69) is 0 Å². The Hall–Kier alpha value is -5.16. The maximum atomic E-state index is 7.38. The minimum absolute atomic E-state index is 0.108. The summed E-state index contributed by atoms with van der Waals surface area (Å²) in [4.78, 5) is 0. The van der Waals surface area contributed by atoms with Crippen molar-refractivity contribution in [2.75, 3.05) is 27.1 Å². The Morgan fingerprint density at radius 1 is 0.426 bits per heavy atom. The summed E-state index contributed by atoms with van der Waals surface area (Å²) in [6, 6.07) is 59.8. The molecule has 9 rings (SSSR count). The topological polar surface area (TPSA) is 111 Å². The molecule has 7 unspecified atom stereocenters. The summed E-state index contributed by atoms with van der Waals surface area (Å²) in [5.41, 5.74) is 5.81. The van der Waals surface area contributed by atoms with Crippen LogP contribution in [0.2, 0.25) is 0 Å². The molecule has 12 heteroatoms. The van der Waals surface area contributed by atoms with Crippen LogP contribution in [-0.2, 0) is 89.9 Å². The van der Waals surface area contributed by atoms with Gasteiger partial charge in [0.15, 0.2) is 18.9 Å². The van der Waals surface area contributed by atoms with Gasteiger partial charge in [0.2, 0.25) is 0 Å². The summed E-state index contributed by atoms with van der Waals surface area (Å²) in [6.07, 6.45) is -8.71. The molecule has 0 amide bonds. The Kier molecular flexibility index (Phi) is 17.5. The third-order valence-electron chi connectivity index (χ3n) is 12.2. The van der Waals surface area contributed by atoms with Gasteiger partial charge in [0.05, 0.1) is 46.2 Å². The molecule has 3 aliphatic rings. The molecule has 0 spiro atoms. The Morgan fingerprint density at radius 2 is 0.882 bits per heavy atom. The summed E-state index contributed by atoms with van der Waals surface area (Å²) in [5.74, 6) is 0. The lowest BCUT2D eigenvalue weighted by Crippen LogP contribution is -2.67. The molecule has 12 nitrogen and oxygen atoms in total. The maximum absolute atomic E-state index is 7.38. The summed E-state index contributed by atoms with van der Waals surface area (Å²) in [5, 5.41) is 0. The first-order valence-corrected chi connectivity index (χ1v) is 23.3. The molecule has 3 fully saturated rings. The quantitative estimate of drug-likeness (QED) is 0.0479. The van der Waals surface area contributed by atoms with Crippen LogP contribution >= 0.6 is 0 Å². The molecule has 0 radical (unpaired) electrons. The molecule has 3 aliphatic heterocycles. The molecule has 3 saturated heterocycles. The standard InChI is InChI=1S/C56H60O12/c1-57-55-53(62-36-44-28-16-6-17-29-44)51(49-47(65-55)38-63-54(67-49)45-30-18-7-19-31-45)68-56-52(64-39-59-33-41-22-10-3-11-23-41)50(61-35-43-26-14-5-15-27-43)48(60-34-42-24-12-4-13-25-42)46(66-56)37-58-32-40-20-8-2-9-21-40/h2-31,46-56H,32-39H2,1H3/t46?,47?,48-,49-,50?,51?,52?,53?,54?,55+,56-/m1/s1. The summed E-state index contributed by atoms with van der Waals surface area (Å²) in [6.45, 7) is 1.70. The second kappa shape index (κ2) is 24.9. The molecule has 0 saturated carbocycles. The van der Waals surface area contributed by atoms with Gasteiger partial charge in [-0.2, -0.15) is 0 Å². The minimum atomic E-state index is -1.11. The Labute approximate surface area is 398 Å². The minimum Gasteiger partial charge on any atom is -0.374 e. The molecular formula is C56H60O12. The van der Waals surface area contributed by atoms with E-state index in [1.54, 1.807) is 7.11 Å². The highest BCUT2D eigenvalue weighted by Crippen LogP contribution is 2.40. The molecule has 68 heavy (non-hydrogen) atoms. The van der Waals surface area contributed by atoms with E-state index in [-0.39, 0.29) is 39.8 Å². The van der Waals surface area contributed by atoms with Crippen molar-refractivity contribution < 1.29 is 56.8 Å². The summed E-state index contributed by atoms with van der Waals surface area (Å²) in [7, 11) is 1.59. The average Bonchev–Trinajstić information content (AvgIpc) is 3.40. The average molecular weight is 925 g/mol. The van der Waals surface area contributed by atoms with Gasteiger partial charge in [-0.3, -0.25) is 0 Å². The van der Waals surface area contributed by atoms with E-state index in [0.29, 0.717) is 13.2 Å². The van der Waals surface area contributed by atoms with Crippen molar-refractivity contribution in [1.82, 2.24) is 0 Å². The Bertz CT molecular complexity index is 2310. The van der Waals surface area contributed by atoms with Crippen LogP contribution in [0.1, 0.15) is 39.7 Å². The van der Waals surface area contributed by atoms with Gasteiger partial charge < -0.3 is 56.8 Å². The van der Waals surface area contributed by atoms with E-state index in [1.807, 2.05) is 182 Å². The van der Waals surface area contributed by atoms with E-state index in [4.69, 9.17) is 56.8 Å². The van der Waals surface area contributed by atoms with Crippen LogP contribution in [0.3, 0.4) is 0 Å². The van der Waals surface area contributed by atoms with Gasteiger partial charge in [-0.1, -0.05) is 182 Å². The SMILES string of the molecule is CO[C@H]1OC2COC(c3ccccc3)O[C@H]2C(O[C@H]2OC(COCc3ccccc3)[C@@H](OCc3ccccc3)C(OCc3ccccc3)C2OCOCc2ccccc2)C1OCc1ccccc1. The van der Waals surface area contributed by atoms with Crippen molar-refractivity contribution in [3.05, 3.63) is 215 Å². The third kappa shape index (κ3) is 12.9. The molecule has 6 aromatic rings. The summed E-state index contributed by atoms with van der Waals surface area (Å²) < 4.78 is 80.5. The highest BCUT2D eigenvalue weighted by molar-refractivity contribution is 5.19. The van der Waals surface area contributed by atoms with Gasteiger partial charge in [0.25, 0.3) is 0 Å². The Morgan fingerprint density at radius 3 is 1.41 bits per heavy atom. The lowest BCUT2D eigenvalue weighted by Gasteiger charge is -2.51. The first kappa shape index (κ1) is 47.9. The van der Waals surface area contributed by atoms with Crippen LogP contribution in [0.4, 0.5) is 0 Å². The largest absolute Gasteiger partial charge is 0.374 e. The molecule has 356 valence electrons. The first-order valence-electron chi connectivity index (χ1n) is 23.3. The first-order chi connectivity index (χ1) is 33.7. The van der Waals surface area contributed by atoms with Crippen molar-refractivity contribution in [3.63, 3.8) is 0 Å². The van der Waals surface area contributed by atoms with Crippen LogP contribution in [-0.4, -0.2) is 88.5 Å². The highest BCUT2D eigenvalue weighted by Gasteiger charge is 2.56. The fourth-order valence-corrected chi connectivity index (χ4v) is 8.72. The van der Waals surface area contributed by atoms with Gasteiger partial charge in [-0.15, -0.1) is 0 Å². The van der Waals surface area contributed by atoms with Gasteiger partial charge >= 0.3 is 0 Å². The van der Waals surface area contributed by atoms with Gasteiger partial charge in [-0.25, -0.2) is 0 Å². The van der Waals surface area contributed by atoms with Gasteiger partial charge in [0, 0.05) is 12.7 Å². The zero-order valence-electron chi connectivity index (χ0n) is 38.2. The molecule has 0 N–H and O–H groups in total. The normalized spacial score (nSPS) is 27.0. The monoisotopic (exact) mass is 924 g/mol. The maximum Gasteiger partial charge on any atom is 0.187 e. The van der Waals surface area contributed by atoms with Crippen LogP contribution in [0.15, 0.2) is 182 Å². The molecule has 6 aromatic carbocycles. The van der Waals surface area contributed by atoms with Crippen LogP contribution in [0.5, 0.6) is 0 Å². The number of hydrogen-bond donors (Lipinski definition) is 0. The molecule has 0 aliphatic carbocycles. The van der Waals surface area contributed by atoms with Crippen LogP contribution in [0, 0.1) is 0 Å². The summed E-state index contributed by atoms with van der Waals surface area (Å²) >= 11 is 0. The molecule has 11 atom stereocenters. The lowest BCUT2D eigenvalue weighted by atomic mass is 9.95. The fraction of sp³-hybridized carbons (Fsp3) is 0.357. The van der Waals surface area contributed by atoms with Crippen LogP contribution in [0.25, 0.3) is 0 Å². The molecule has 0 bridgehead atoms. The number of ether oxygens (including phenoxy) is 12. The van der Waals surface area contributed by atoms with Crippen LogP contribution < -0.4 is 0 Å². The highest BCUT2D eigenvalue weighted by atomic mass is 16.8. The van der Waals surface area contributed by atoms with Crippen molar-refractivity contribution in [3.8, 4) is 0 Å². The lowest BCUT2D eigenvalue weighted by molar-refractivity contribution is -0.401. The second-order valence-corrected chi connectivity index (χ2v) is 17.0. The fourth-order valence-electron chi connectivity index (χ4n) is 8.72. The molecular weight excluding hydrogens is 865 g/mol. The second-order valence-electron chi connectivity index (χ2n) is 17.0. The predicted molar refractivity (Wildman–Crippen MR) is 251 cm³/mol. The predicted octanol–water partition coefficient (Wildman–Crippen LogP) is 9.11. The van der Waals surface area contributed by atoms with Crippen molar-refractivity contribution >= 4 is 0 Å². The zero-order chi connectivity index (χ0) is 46.2. The van der Waals surface area contributed by atoms with E-state index in [0.717, 1.165) is 33.4 Å². The number of benzene rings is 6. The molecule has 3 heterocycles. The zero-order valence-corrected chi connectivity index (χ0v) is 38.2. The third-order valence-corrected chi connectivity index (χ3v) is 12.2. The van der Waals surface area contributed by atoms with E-state index in [1.165, 1.54) is 0 Å². The smallest absolute Gasteiger partial charge is 0.187 e. The van der Waals surface area contributed by atoms with Crippen molar-refractivity contribution in [2.45, 2.75) is 101 Å². The number of rotatable bonds is 22. The number of fused-ring (bicyclic) bond motifs is 1. The van der Waals surface area contributed by atoms with Crippen molar-refractivity contribution in [2.24, 2.45) is 0 Å². The van der Waals surface area contributed by atoms with Crippen molar-refractivity contribution in [1.29, 1.82) is 0 Å². The number of methoxy groups -OCH3 is 1. The van der Waals surface area contributed by atoms with E-state index < -0.39 is 67.7 Å². The Balaban J connectivity index is 1.08. The van der Waals surface area contributed by atoms with E-state index >= 15 is 0 Å². The van der Waals surface area contributed by atoms with Gasteiger partial charge in [0.1, 0.15) is 55.6 Å². The molecule has 0 aromatic heterocycles. The number of hydrogen-bond acceptors (Lipinski definition) is 12. The van der Waals surface area contributed by atoms with E-state index in [9.17, 15) is 0 Å².